The molecule has 2 rings (SSSR count). The number of esters is 1. The molecule has 0 bridgehead atoms. The standard InChI is InChI=1S/C15H23N5O4S/c1-2-24-12(21)9-23-8-10-4-3-5-20(7-10)13(22)11-6-18-15(25-11)19-14(16)17/h6,10H,2-5,7-9H2,1H3,(H4,16,17,18,19). The topological polar surface area (TPSA) is 133 Å². The second-order valence-corrected chi connectivity index (χ2v) is 6.63. The Labute approximate surface area is 150 Å². The normalized spacial score (nSPS) is 17.2. The van der Waals surface area contributed by atoms with Gasteiger partial charge in [0.1, 0.15) is 11.5 Å². The molecule has 0 radical (unpaired) electrons. The molecule has 1 aliphatic rings. The third-order valence-electron chi connectivity index (χ3n) is 3.61. The first kappa shape index (κ1) is 19.1. The fourth-order valence-corrected chi connectivity index (χ4v) is 3.35. The van der Waals surface area contributed by atoms with Gasteiger partial charge in [0.25, 0.3) is 5.91 Å². The minimum Gasteiger partial charge on any atom is -0.464 e. The van der Waals surface area contributed by atoms with Gasteiger partial charge in [0.2, 0.25) is 5.13 Å². The quantitative estimate of drug-likeness (QED) is 0.406. The predicted octanol–water partition coefficient (Wildman–Crippen LogP) is 0.480. The molecule has 25 heavy (non-hydrogen) atoms. The molecule has 1 aliphatic heterocycles. The van der Waals surface area contributed by atoms with Gasteiger partial charge in [-0.1, -0.05) is 11.3 Å². The lowest BCUT2D eigenvalue weighted by atomic mass is 9.99. The summed E-state index contributed by atoms with van der Waals surface area (Å²) < 4.78 is 10.2. The molecule has 1 fully saturated rings. The van der Waals surface area contributed by atoms with E-state index in [-0.39, 0.29) is 30.4 Å². The van der Waals surface area contributed by atoms with E-state index < -0.39 is 0 Å². The zero-order valence-electron chi connectivity index (χ0n) is 14.1. The van der Waals surface area contributed by atoms with Crippen LogP contribution in [-0.2, 0) is 14.3 Å². The minimum atomic E-state index is -0.372. The molecule has 0 aliphatic carbocycles. The number of aromatic nitrogens is 1. The third kappa shape index (κ3) is 5.98. The van der Waals surface area contributed by atoms with Crippen LogP contribution in [0, 0.1) is 5.92 Å². The first-order chi connectivity index (χ1) is 12.0. The highest BCUT2D eigenvalue weighted by Crippen LogP contribution is 2.25. The Hall–Kier alpha value is -2.20. The van der Waals surface area contributed by atoms with Crippen LogP contribution in [0.25, 0.3) is 0 Å². The number of nitrogens with two attached hydrogens (primary N) is 2. The summed E-state index contributed by atoms with van der Waals surface area (Å²) in [5, 5.41) is 0.356. The van der Waals surface area contributed by atoms with Crippen LogP contribution >= 0.6 is 11.3 Å². The lowest BCUT2D eigenvalue weighted by Crippen LogP contribution is -2.41. The summed E-state index contributed by atoms with van der Waals surface area (Å²) in [7, 11) is 0. The van der Waals surface area contributed by atoms with Crippen LogP contribution < -0.4 is 11.5 Å². The molecule has 1 amide bonds. The van der Waals surface area contributed by atoms with Crippen molar-refractivity contribution in [3.05, 3.63) is 11.1 Å². The highest BCUT2D eigenvalue weighted by molar-refractivity contribution is 7.17. The van der Waals surface area contributed by atoms with Crippen molar-refractivity contribution in [3.63, 3.8) is 0 Å². The summed E-state index contributed by atoms with van der Waals surface area (Å²) in [4.78, 5) is 34.0. The number of hydrogen-bond donors (Lipinski definition) is 2. The lowest BCUT2D eigenvalue weighted by molar-refractivity contribution is -0.149. The van der Waals surface area contributed by atoms with E-state index in [0.29, 0.717) is 36.3 Å². The Kier molecular flexibility index (Phi) is 7.14. The fraction of sp³-hybridized carbons (Fsp3) is 0.600. The van der Waals surface area contributed by atoms with Gasteiger partial charge >= 0.3 is 5.97 Å². The molecule has 0 saturated carbocycles. The van der Waals surface area contributed by atoms with Gasteiger partial charge < -0.3 is 25.8 Å². The van der Waals surface area contributed by atoms with Gasteiger partial charge in [0.15, 0.2) is 5.96 Å². The van der Waals surface area contributed by atoms with Gasteiger partial charge in [0, 0.05) is 13.1 Å². The van der Waals surface area contributed by atoms with E-state index in [1.165, 1.54) is 6.20 Å². The SMILES string of the molecule is CCOC(=O)COCC1CCCN(C(=O)c2cnc(N=C(N)N)s2)C1. The highest BCUT2D eigenvalue weighted by atomic mass is 32.1. The van der Waals surface area contributed by atoms with E-state index in [4.69, 9.17) is 20.9 Å². The number of nitrogens with zero attached hydrogens (tertiary/aromatic N) is 3. The molecule has 1 saturated heterocycles. The maximum Gasteiger partial charge on any atom is 0.332 e. The van der Waals surface area contributed by atoms with Crippen molar-refractivity contribution < 1.29 is 19.1 Å². The summed E-state index contributed by atoms with van der Waals surface area (Å²) >= 11 is 1.15. The molecule has 1 atom stereocenters. The average molecular weight is 369 g/mol. The molecular weight excluding hydrogens is 346 g/mol. The van der Waals surface area contributed by atoms with E-state index >= 15 is 0 Å². The molecule has 138 valence electrons. The van der Waals surface area contributed by atoms with Gasteiger partial charge in [-0.25, -0.2) is 9.78 Å². The Bertz CT molecular complexity index is 629. The van der Waals surface area contributed by atoms with Crippen LogP contribution in [0.5, 0.6) is 0 Å². The van der Waals surface area contributed by atoms with E-state index in [0.717, 1.165) is 24.2 Å². The van der Waals surface area contributed by atoms with Crippen LogP contribution in [0.1, 0.15) is 29.4 Å². The van der Waals surface area contributed by atoms with Gasteiger partial charge in [-0.05, 0) is 25.7 Å². The Balaban J connectivity index is 1.85. The number of piperidine rings is 1. The number of carbonyl (C=O) groups is 2. The summed E-state index contributed by atoms with van der Waals surface area (Å²) in [6, 6.07) is 0. The highest BCUT2D eigenvalue weighted by Gasteiger charge is 2.26. The van der Waals surface area contributed by atoms with E-state index in [2.05, 4.69) is 9.98 Å². The van der Waals surface area contributed by atoms with Crippen LogP contribution in [-0.4, -0.2) is 60.6 Å². The van der Waals surface area contributed by atoms with Crippen molar-refractivity contribution in [1.29, 1.82) is 0 Å². The van der Waals surface area contributed by atoms with Crippen molar-refractivity contribution in [2.45, 2.75) is 19.8 Å². The zero-order valence-corrected chi connectivity index (χ0v) is 15.0. The lowest BCUT2D eigenvalue weighted by Gasteiger charge is -2.32. The van der Waals surface area contributed by atoms with Crippen LogP contribution in [0.15, 0.2) is 11.2 Å². The molecule has 1 aromatic rings. The Morgan fingerprint density at radius 3 is 3.00 bits per heavy atom. The molecule has 4 N–H and O–H groups in total. The number of guanidine groups is 1. The maximum atomic E-state index is 12.6. The largest absolute Gasteiger partial charge is 0.464 e. The molecule has 1 aromatic heterocycles. The number of carbonyl (C=O) groups excluding carboxylic acids is 2. The number of aliphatic imine (C=N–C) groups is 1. The van der Waals surface area contributed by atoms with Crippen LogP contribution in [0.3, 0.4) is 0 Å². The van der Waals surface area contributed by atoms with Crippen molar-refractivity contribution in [2.75, 3.05) is 32.9 Å². The van der Waals surface area contributed by atoms with Crippen molar-refractivity contribution >= 4 is 34.3 Å². The minimum absolute atomic E-state index is 0.0605. The van der Waals surface area contributed by atoms with Crippen molar-refractivity contribution in [3.8, 4) is 0 Å². The molecule has 0 aromatic carbocycles. The predicted molar refractivity (Wildman–Crippen MR) is 93.7 cm³/mol. The van der Waals surface area contributed by atoms with Crippen molar-refractivity contribution in [2.24, 2.45) is 22.4 Å². The molecular formula is C15H23N5O4S. The third-order valence-corrected chi connectivity index (χ3v) is 4.49. The molecule has 0 spiro atoms. The smallest absolute Gasteiger partial charge is 0.332 e. The number of amides is 1. The number of likely N-dealkylation sites (tertiary alicyclic amines) is 1. The van der Waals surface area contributed by atoms with Gasteiger partial charge in [-0.3, -0.25) is 4.79 Å². The number of hydrogen-bond acceptors (Lipinski definition) is 7. The number of rotatable bonds is 7. The number of ether oxygens (including phenoxy) is 2. The van der Waals surface area contributed by atoms with E-state index in [9.17, 15) is 9.59 Å². The van der Waals surface area contributed by atoms with E-state index in [1.807, 2.05) is 0 Å². The summed E-state index contributed by atoms with van der Waals surface area (Å²) in [5.74, 6) is -0.366. The van der Waals surface area contributed by atoms with Gasteiger partial charge in [-0.15, -0.1) is 0 Å². The Morgan fingerprint density at radius 1 is 1.48 bits per heavy atom. The summed E-state index contributed by atoms with van der Waals surface area (Å²) in [5.41, 5.74) is 10.6. The Morgan fingerprint density at radius 2 is 2.28 bits per heavy atom. The second kappa shape index (κ2) is 9.33. The van der Waals surface area contributed by atoms with Gasteiger partial charge in [0.05, 0.1) is 19.4 Å². The first-order valence-electron chi connectivity index (χ1n) is 8.07. The summed E-state index contributed by atoms with van der Waals surface area (Å²) in [6.45, 7) is 3.71. The molecule has 2 heterocycles. The average Bonchev–Trinajstić information content (AvgIpc) is 3.02. The first-order valence-corrected chi connectivity index (χ1v) is 8.89. The molecule has 9 nitrogen and oxygen atoms in total. The van der Waals surface area contributed by atoms with E-state index in [1.54, 1.807) is 11.8 Å². The maximum absolute atomic E-state index is 12.6. The van der Waals surface area contributed by atoms with Crippen LogP contribution in [0.4, 0.5) is 5.13 Å². The van der Waals surface area contributed by atoms with Crippen molar-refractivity contribution in [1.82, 2.24) is 9.88 Å². The summed E-state index contributed by atoms with van der Waals surface area (Å²) in [6.07, 6.45) is 3.32. The number of thiazole rings is 1. The van der Waals surface area contributed by atoms with Gasteiger partial charge in [-0.2, -0.15) is 4.99 Å². The van der Waals surface area contributed by atoms with Crippen LogP contribution in [0.2, 0.25) is 0 Å². The molecule has 1 unspecified atom stereocenters. The monoisotopic (exact) mass is 369 g/mol. The fourth-order valence-electron chi connectivity index (χ4n) is 2.58. The second-order valence-electron chi connectivity index (χ2n) is 5.62. The molecule has 10 heteroatoms. The zero-order chi connectivity index (χ0) is 18.2.